The third-order valence-corrected chi connectivity index (χ3v) is 3.46. The van der Waals surface area contributed by atoms with Crippen LogP contribution >= 0.6 is 0 Å². The van der Waals surface area contributed by atoms with E-state index in [0.717, 1.165) is 5.69 Å². The largest absolute Gasteiger partial charge is 0.481 e. The van der Waals surface area contributed by atoms with Crippen molar-refractivity contribution in [2.75, 3.05) is 26.9 Å². The van der Waals surface area contributed by atoms with Crippen LogP contribution in [-0.2, 0) is 4.74 Å². The monoisotopic (exact) mass is 288 g/mol. The highest BCUT2D eigenvalue weighted by atomic mass is 16.5. The van der Waals surface area contributed by atoms with E-state index in [1.165, 1.54) is 6.20 Å². The number of ether oxygens (including phenoxy) is 2. The lowest BCUT2D eigenvalue weighted by Gasteiger charge is -2.34. The van der Waals surface area contributed by atoms with E-state index < -0.39 is 0 Å². The number of aromatic amines is 1. The number of nitrogens with zero attached hydrogens (tertiary/aromatic N) is 3. The van der Waals surface area contributed by atoms with Crippen LogP contribution in [0.4, 0.5) is 0 Å². The third-order valence-electron chi connectivity index (χ3n) is 3.46. The Labute approximate surface area is 121 Å². The van der Waals surface area contributed by atoms with Crippen LogP contribution in [-0.4, -0.2) is 52.9 Å². The van der Waals surface area contributed by atoms with Crippen LogP contribution in [0.1, 0.15) is 22.1 Å². The zero-order valence-corrected chi connectivity index (χ0v) is 11.7. The van der Waals surface area contributed by atoms with Crippen LogP contribution in [0, 0.1) is 0 Å². The van der Waals surface area contributed by atoms with E-state index in [4.69, 9.17) is 9.47 Å². The normalized spacial score (nSPS) is 18.5. The smallest absolute Gasteiger partial charge is 0.256 e. The van der Waals surface area contributed by atoms with Crippen molar-refractivity contribution in [1.29, 1.82) is 0 Å². The predicted molar refractivity (Wildman–Crippen MR) is 74.0 cm³/mol. The van der Waals surface area contributed by atoms with Gasteiger partial charge in [0.05, 0.1) is 37.6 Å². The molecule has 1 N–H and O–H groups in total. The molecule has 2 aromatic rings. The highest BCUT2D eigenvalue weighted by molar-refractivity contribution is 5.94. The number of carbonyl (C=O) groups excluding carboxylic acids is 1. The van der Waals surface area contributed by atoms with Gasteiger partial charge in [0.1, 0.15) is 0 Å². The van der Waals surface area contributed by atoms with Gasteiger partial charge in [-0.05, 0) is 12.1 Å². The molecule has 110 valence electrons. The Morgan fingerprint density at radius 2 is 2.38 bits per heavy atom. The SMILES string of the molecule is COc1ccc(C(=O)N2CCOC[C@@H]2c2ccn[nH]2)cn1. The molecule has 1 fully saturated rings. The Morgan fingerprint density at radius 1 is 1.48 bits per heavy atom. The van der Waals surface area contributed by atoms with Crippen LogP contribution < -0.4 is 4.74 Å². The fraction of sp³-hybridized carbons (Fsp3) is 0.357. The van der Waals surface area contributed by atoms with Crippen molar-refractivity contribution in [3.8, 4) is 5.88 Å². The first-order valence-electron chi connectivity index (χ1n) is 6.67. The van der Waals surface area contributed by atoms with Crippen LogP contribution in [0.5, 0.6) is 5.88 Å². The van der Waals surface area contributed by atoms with Crippen molar-refractivity contribution >= 4 is 5.91 Å². The van der Waals surface area contributed by atoms with Gasteiger partial charge in [-0.25, -0.2) is 4.98 Å². The number of amides is 1. The maximum Gasteiger partial charge on any atom is 0.256 e. The zero-order chi connectivity index (χ0) is 14.7. The molecule has 7 heteroatoms. The van der Waals surface area contributed by atoms with Crippen molar-refractivity contribution in [1.82, 2.24) is 20.1 Å². The number of nitrogens with one attached hydrogen (secondary N) is 1. The molecule has 0 spiro atoms. The summed E-state index contributed by atoms with van der Waals surface area (Å²) in [6.45, 7) is 1.52. The van der Waals surface area contributed by atoms with Crippen LogP contribution in [0.15, 0.2) is 30.6 Å². The standard InChI is InChI=1S/C14H16N4O3/c1-20-13-3-2-10(8-15-13)14(19)18-6-7-21-9-12(18)11-4-5-16-17-11/h2-5,8,12H,6-7,9H2,1H3,(H,16,17)/t12-/m1/s1. The van der Waals surface area contributed by atoms with Gasteiger partial charge >= 0.3 is 0 Å². The second-order valence-corrected chi connectivity index (χ2v) is 4.69. The Hall–Kier alpha value is -2.41. The summed E-state index contributed by atoms with van der Waals surface area (Å²) in [6.07, 6.45) is 3.20. The number of rotatable bonds is 3. The molecule has 21 heavy (non-hydrogen) atoms. The van der Waals surface area contributed by atoms with Crippen molar-refractivity contribution < 1.29 is 14.3 Å². The molecule has 1 amide bonds. The highest BCUT2D eigenvalue weighted by Gasteiger charge is 2.30. The number of carbonyl (C=O) groups is 1. The molecule has 0 aliphatic carbocycles. The lowest BCUT2D eigenvalue weighted by atomic mass is 10.1. The second kappa shape index (κ2) is 5.92. The van der Waals surface area contributed by atoms with E-state index in [-0.39, 0.29) is 11.9 Å². The fourth-order valence-electron chi connectivity index (χ4n) is 2.35. The lowest BCUT2D eigenvalue weighted by molar-refractivity contribution is -0.00393. The summed E-state index contributed by atoms with van der Waals surface area (Å²) >= 11 is 0. The third kappa shape index (κ3) is 2.73. The van der Waals surface area contributed by atoms with Crippen LogP contribution in [0.25, 0.3) is 0 Å². The molecular formula is C14H16N4O3. The van der Waals surface area contributed by atoms with E-state index in [9.17, 15) is 4.79 Å². The summed E-state index contributed by atoms with van der Waals surface area (Å²) in [5.41, 5.74) is 1.40. The van der Waals surface area contributed by atoms with E-state index in [0.29, 0.717) is 31.2 Å². The number of pyridine rings is 1. The topological polar surface area (TPSA) is 80.3 Å². The van der Waals surface area contributed by atoms with Gasteiger partial charge in [0.15, 0.2) is 0 Å². The summed E-state index contributed by atoms with van der Waals surface area (Å²) in [5.74, 6) is 0.409. The number of morpholine rings is 1. The summed E-state index contributed by atoms with van der Waals surface area (Å²) < 4.78 is 10.5. The maximum absolute atomic E-state index is 12.7. The predicted octanol–water partition coefficient (Wildman–Crippen LogP) is 1.03. The summed E-state index contributed by atoms with van der Waals surface area (Å²) in [5, 5.41) is 6.84. The average molecular weight is 288 g/mol. The molecule has 0 unspecified atom stereocenters. The van der Waals surface area contributed by atoms with Gasteiger partial charge in [0, 0.05) is 25.0 Å². The van der Waals surface area contributed by atoms with Crippen molar-refractivity contribution in [3.05, 3.63) is 41.9 Å². The van der Waals surface area contributed by atoms with E-state index in [1.54, 1.807) is 30.3 Å². The van der Waals surface area contributed by atoms with Crippen LogP contribution in [0.3, 0.4) is 0 Å². The first-order chi connectivity index (χ1) is 10.3. The van der Waals surface area contributed by atoms with Crippen molar-refractivity contribution in [2.45, 2.75) is 6.04 Å². The summed E-state index contributed by atoms with van der Waals surface area (Å²) in [7, 11) is 1.54. The van der Waals surface area contributed by atoms with Gasteiger partial charge in [-0.1, -0.05) is 0 Å². The average Bonchev–Trinajstić information content (AvgIpc) is 3.08. The Morgan fingerprint density at radius 3 is 3.05 bits per heavy atom. The zero-order valence-electron chi connectivity index (χ0n) is 11.7. The molecule has 0 aromatic carbocycles. The van der Waals surface area contributed by atoms with E-state index in [2.05, 4.69) is 15.2 Å². The summed E-state index contributed by atoms with van der Waals surface area (Å²) in [4.78, 5) is 18.5. The molecule has 3 heterocycles. The molecule has 0 saturated carbocycles. The molecule has 3 rings (SSSR count). The van der Waals surface area contributed by atoms with Gasteiger partial charge in [-0.15, -0.1) is 0 Å². The molecular weight excluding hydrogens is 272 g/mol. The Kier molecular flexibility index (Phi) is 3.83. The number of methoxy groups -OCH3 is 1. The van der Waals surface area contributed by atoms with Gasteiger partial charge in [-0.2, -0.15) is 5.10 Å². The molecule has 2 aromatic heterocycles. The number of aromatic nitrogens is 3. The van der Waals surface area contributed by atoms with Crippen molar-refractivity contribution in [3.63, 3.8) is 0 Å². The Bertz CT molecular complexity index is 597. The van der Waals surface area contributed by atoms with E-state index >= 15 is 0 Å². The molecule has 1 atom stereocenters. The number of hydrogen-bond acceptors (Lipinski definition) is 5. The molecule has 0 bridgehead atoms. The molecule has 0 radical (unpaired) electrons. The first kappa shape index (κ1) is 13.6. The number of hydrogen-bond donors (Lipinski definition) is 1. The minimum absolute atomic E-state index is 0.0759. The minimum Gasteiger partial charge on any atom is -0.481 e. The van der Waals surface area contributed by atoms with E-state index in [1.807, 2.05) is 6.07 Å². The molecule has 1 aliphatic heterocycles. The number of H-pyrrole nitrogens is 1. The fourth-order valence-corrected chi connectivity index (χ4v) is 2.35. The van der Waals surface area contributed by atoms with Crippen molar-refractivity contribution in [2.24, 2.45) is 0 Å². The van der Waals surface area contributed by atoms with Crippen LogP contribution in [0.2, 0.25) is 0 Å². The second-order valence-electron chi connectivity index (χ2n) is 4.69. The van der Waals surface area contributed by atoms with Gasteiger partial charge in [0.25, 0.3) is 5.91 Å². The maximum atomic E-state index is 12.7. The van der Waals surface area contributed by atoms with Gasteiger partial charge in [-0.3, -0.25) is 9.89 Å². The molecule has 7 nitrogen and oxygen atoms in total. The summed E-state index contributed by atoms with van der Waals surface area (Å²) in [6, 6.07) is 5.09. The quantitative estimate of drug-likeness (QED) is 0.912. The lowest BCUT2D eigenvalue weighted by Crippen LogP contribution is -2.43. The molecule has 1 aliphatic rings. The Balaban J connectivity index is 1.83. The van der Waals surface area contributed by atoms with Gasteiger partial charge in [0.2, 0.25) is 5.88 Å². The minimum atomic E-state index is -0.157. The first-order valence-corrected chi connectivity index (χ1v) is 6.67. The molecule has 1 saturated heterocycles. The van der Waals surface area contributed by atoms with Gasteiger partial charge < -0.3 is 14.4 Å². The highest BCUT2D eigenvalue weighted by Crippen LogP contribution is 2.24.